The van der Waals surface area contributed by atoms with Gasteiger partial charge in [-0.05, 0) is 49.8 Å². The Bertz CT molecular complexity index is 1040. The lowest BCUT2D eigenvalue weighted by molar-refractivity contribution is -0.137. The summed E-state index contributed by atoms with van der Waals surface area (Å²) >= 11 is 0. The van der Waals surface area contributed by atoms with Crippen molar-refractivity contribution in [3.8, 4) is 0 Å². The van der Waals surface area contributed by atoms with Gasteiger partial charge in [0.05, 0.1) is 5.56 Å². The zero-order valence-corrected chi connectivity index (χ0v) is 17.7. The van der Waals surface area contributed by atoms with Crippen molar-refractivity contribution >= 4 is 23.2 Å². The second kappa shape index (κ2) is 8.41. The SMILES string of the molecule is CC1CCC2(CC1)N=C(c1ccccc1)C(=O)N2CC(=O)Nc1cccc(C(F)(F)F)c1. The average molecular weight is 443 g/mol. The molecule has 168 valence electrons. The van der Waals surface area contributed by atoms with E-state index in [-0.39, 0.29) is 18.1 Å². The van der Waals surface area contributed by atoms with Gasteiger partial charge in [0, 0.05) is 11.3 Å². The molecule has 0 bridgehead atoms. The number of nitrogens with zero attached hydrogens (tertiary/aromatic N) is 2. The van der Waals surface area contributed by atoms with Crippen molar-refractivity contribution in [3.63, 3.8) is 0 Å². The third kappa shape index (κ3) is 4.40. The molecule has 1 aliphatic carbocycles. The minimum Gasteiger partial charge on any atom is -0.325 e. The van der Waals surface area contributed by atoms with Crippen molar-refractivity contribution in [1.29, 1.82) is 0 Å². The van der Waals surface area contributed by atoms with Gasteiger partial charge in [0.2, 0.25) is 5.91 Å². The lowest BCUT2D eigenvalue weighted by Crippen LogP contribution is -2.51. The summed E-state index contributed by atoms with van der Waals surface area (Å²) in [5, 5.41) is 2.50. The molecule has 1 aliphatic heterocycles. The molecule has 0 aromatic heterocycles. The molecule has 0 saturated heterocycles. The highest BCUT2D eigenvalue weighted by molar-refractivity contribution is 6.47. The maximum atomic E-state index is 13.3. The molecule has 0 unspecified atom stereocenters. The Morgan fingerprint density at radius 3 is 2.47 bits per heavy atom. The molecule has 1 saturated carbocycles. The van der Waals surface area contributed by atoms with Crippen LogP contribution in [0.25, 0.3) is 0 Å². The van der Waals surface area contributed by atoms with Crippen LogP contribution in [0.2, 0.25) is 0 Å². The number of nitrogens with one attached hydrogen (secondary N) is 1. The summed E-state index contributed by atoms with van der Waals surface area (Å²) in [6.45, 7) is 1.87. The van der Waals surface area contributed by atoms with E-state index in [9.17, 15) is 22.8 Å². The van der Waals surface area contributed by atoms with Gasteiger partial charge in [0.15, 0.2) is 0 Å². The van der Waals surface area contributed by atoms with Gasteiger partial charge in [0.1, 0.15) is 17.9 Å². The number of hydrogen-bond acceptors (Lipinski definition) is 3. The van der Waals surface area contributed by atoms with Crippen molar-refractivity contribution in [2.75, 3.05) is 11.9 Å². The Labute approximate surface area is 184 Å². The molecule has 32 heavy (non-hydrogen) atoms. The molecule has 0 radical (unpaired) electrons. The monoisotopic (exact) mass is 443 g/mol. The van der Waals surface area contributed by atoms with E-state index in [0.29, 0.717) is 30.0 Å². The smallest absolute Gasteiger partial charge is 0.325 e. The standard InChI is InChI=1S/C24H24F3N3O2/c1-16-10-12-23(13-11-16)29-21(17-6-3-2-4-7-17)22(32)30(23)15-20(31)28-19-9-5-8-18(14-19)24(25,26)27/h2-9,14,16H,10-13,15H2,1H3,(H,28,31). The number of amides is 2. The summed E-state index contributed by atoms with van der Waals surface area (Å²) in [7, 11) is 0. The van der Waals surface area contributed by atoms with E-state index in [1.807, 2.05) is 30.3 Å². The van der Waals surface area contributed by atoms with E-state index in [1.165, 1.54) is 17.0 Å². The van der Waals surface area contributed by atoms with Crippen LogP contribution in [0.3, 0.4) is 0 Å². The highest BCUT2D eigenvalue weighted by Crippen LogP contribution is 2.41. The van der Waals surface area contributed by atoms with E-state index < -0.39 is 23.3 Å². The third-order valence-electron chi connectivity index (χ3n) is 6.17. The predicted octanol–water partition coefficient (Wildman–Crippen LogP) is 4.88. The average Bonchev–Trinajstić information content (AvgIpc) is 3.02. The molecule has 2 amide bonds. The predicted molar refractivity (Wildman–Crippen MR) is 115 cm³/mol. The van der Waals surface area contributed by atoms with Crippen molar-refractivity contribution < 1.29 is 22.8 Å². The summed E-state index contributed by atoms with van der Waals surface area (Å²) in [6.07, 6.45) is -1.46. The Kier molecular flexibility index (Phi) is 5.79. The first-order valence-corrected chi connectivity index (χ1v) is 10.6. The number of halogens is 3. The number of rotatable bonds is 4. The molecule has 1 heterocycles. The lowest BCUT2D eigenvalue weighted by Gasteiger charge is -2.40. The topological polar surface area (TPSA) is 61.8 Å². The number of hydrogen-bond donors (Lipinski definition) is 1. The number of benzene rings is 2. The highest BCUT2D eigenvalue weighted by atomic mass is 19.4. The van der Waals surface area contributed by atoms with E-state index in [2.05, 4.69) is 12.2 Å². The van der Waals surface area contributed by atoms with Crippen LogP contribution < -0.4 is 5.32 Å². The van der Waals surface area contributed by atoms with Gasteiger partial charge in [-0.3, -0.25) is 14.6 Å². The fourth-order valence-corrected chi connectivity index (χ4v) is 4.36. The fraction of sp³-hybridized carbons (Fsp3) is 0.375. The third-order valence-corrected chi connectivity index (χ3v) is 6.17. The van der Waals surface area contributed by atoms with Crippen LogP contribution in [0.5, 0.6) is 0 Å². The van der Waals surface area contributed by atoms with Crippen LogP contribution in [-0.4, -0.2) is 34.6 Å². The molecule has 8 heteroatoms. The Balaban J connectivity index is 1.56. The van der Waals surface area contributed by atoms with Crippen LogP contribution >= 0.6 is 0 Å². The van der Waals surface area contributed by atoms with Crippen molar-refractivity contribution in [1.82, 2.24) is 4.90 Å². The van der Waals surface area contributed by atoms with Crippen molar-refractivity contribution in [2.24, 2.45) is 10.9 Å². The second-order valence-electron chi connectivity index (χ2n) is 8.51. The van der Waals surface area contributed by atoms with E-state index >= 15 is 0 Å². The molecular weight excluding hydrogens is 419 g/mol. The minimum atomic E-state index is -4.51. The van der Waals surface area contributed by atoms with E-state index in [4.69, 9.17) is 4.99 Å². The number of carbonyl (C=O) groups excluding carboxylic acids is 2. The van der Waals surface area contributed by atoms with Gasteiger partial charge < -0.3 is 10.2 Å². The Morgan fingerprint density at radius 2 is 1.81 bits per heavy atom. The molecular formula is C24H24F3N3O2. The number of carbonyl (C=O) groups is 2. The van der Waals surface area contributed by atoms with Gasteiger partial charge in [-0.15, -0.1) is 0 Å². The molecule has 4 rings (SSSR count). The summed E-state index contributed by atoms with van der Waals surface area (Å²) in [5.41, 5.74) is -0.588. The lowest BCUT2D eigenvalue weighted by atomic mass is 9.82. The number of alkyl halides is 3. The number of aliphatic imine (C=N–C) groups is 1. The summed E-state index contributed by atoms with van der Waals surface area (Å²) in [5.74, 6) is -0.377. The molecule has 2 aromatic rings. The first-order valence-electron chi connectivity index (χ1n) is 10.6. The normalized spacial score (nSPS) is 23.4. The van der Waals surface area contributed by atoms with E-state index in [0.717, 1.165) is 25.0 Å². The van der Waals surface area contributed by atoms with Crippen molar-refractivity contribution in [2.45, 2.75) is 44.4 Å². The zero-order chi connectivity index (χ0) is 22.9. The van der Waals surface area contributed by atoms with Gasteiger partial charge >= 0.3 is 6.18 Å². The van der Waals surface area contributed by atoms with Crippen LogP contribution in [0, 0.1) is 5.92 Å². The van der Waals surface area contributed by atoms with Gasteiger partial charge in [-0.25, -0.2) is 0 Å². The molecule has 5 nitrogen and oxygen atoms in total. The van der Waals surface area contributed by atoms with Crippen LogP contribution in [0.1, 0.15) is 43.7 Å². The minimum absolute atomic E-state index is 0.0342. The zero-order valence-electron chi connectivity index (χ0n) is 17.7. The second-order valence-corrected chi connectivity index (χ2v) is 8.51. The quantitative estimate of drug-likeness (QED) is 0.732. The largest absolute Gasteiger partial charge is 0.416 e. The Morgan fingerprint density at radius 1 is 1.12 bits per heavy atom. The van der Waals surface area contributed by atoms with Crippen molar-refractivity contribution in [3.05, 3.63) is 65.7 Å². The van der Waals surface area contributed by atoms with E-state index in [1.54, 1.807) is 0 Å². The number of anilines is 1. The fourth-order valence-electron chi connectivity index (χ4n) is 4.36. The van der Waals surface area contributed by atoms with Gasteiger partial charge in [-0.1, -0.05) is 43.3 Å². The maximum absolute atomic E-state index is 13.3. The first-order chi connectivity index (χ1) is 15.2. The molecule has 1 N–H and O–H groups in total. The molecule has 2 aliphatic rings. The maximum Gasteiger partial charge on any atom is 0.416 e. The van der Waals surface area contributed by atoms with Gasteiger partial charge in [-0.2, -0.15) is 13.2 Å². The summed E-state index contributed by atoms with van der Waals surface area (Å²) in [6, 6.07) is 13.6. The van der Waals surface area contributed by atoms with Crippen LogP contribution in [0.4, 0.5) is 18.9 Å². The Hall–Kier alpha value is -3.16. The summed E-state index contributed by atoms with van der Waals surface area (Å²) in [4.78, 5) is 32.4. The summed E-state index contributed by atoms with van der Waals surface area (Å²) < 4.78 is 38.9. The highest BCUT2D eigenvalue weighted by Gasteiger charge is 2.49. The molecule has 0 atom stereocenters. The first kappa shape index (κ1) is 22.0. The van der Waals surface area contributed by atoms with Crippen LogP contribution in [0.15, 0.2) is 59.6 Å². The van der Waals surface area contributed by atoms with Gasteiger partial charge in [0.25, 0.3) is 5.91 Å². The van der Waals surface area contributed by atoms with Crippen LogP contribution in [-0.2, 0) is 15.8 Å². The molecule has 1 spiro atoms. The molecule has 2 aromatic carbocycles. The molecule has 1 fully saturated rings.